The van der Waals surface area contributed by atoms with Gasteiger partial charge in [-0.25, -0.2) is 4.79 Å². The van der Waals surface area contributed by atoms with Crippen LogP contribution in [0.2, 0.25) is 0 Å². The third-order valence-corrected chi connectivity index (χ3v) is 3.09. The van der Waals surface area contributed by atoms with Crippen LogP contribution in [0, 0.1) is 0 Å². The van der Waals surface area contributed by atoms with E-state index in [1.165, 1.54) is 0 Å². The first kappa shape index (κ1) is 12.3. The van der Waals surface area contributed by atoms with Crippen molar-refractivity contribution in [1.29, 1.82) is 0 Å². The molecule has 0 spiro atoms. The Balaban J connectivity index is 2.20. The monoisotopic (exact) mass is 248 g/mol. The average molecular weight is 248 g/mol. The Bertz CT molecular complexity index is 497. The van der Waals surface area contributed by atoms with Crippen LogP contribution < -0.4 is 15.8 Å². The fourth-order valence-electron chi connectivity index (χ4n) is 2.10. The maximum atomic E-state index is 10.9. The number of hydrogen-bond donors (Lipinski definition) is 3. The van der Waals surface area contributed by atoms with Gasteiger partial charge in [0.15, 0.2) is 0 Å². The molecule has 4 N–H and O–H groups in total. The molecule has 1 aromatic carbocycles. The molecular weight excluding hydrogens is 232 g/mol. The van der Waals surface area contributed by atoms with Gasteiger partial charge in [0, 0.05) is 0 Å². The Kier molecular flexibility index (Phi) is 3.41. The minimum Gasteiger partial charge on any atom is -0.497 e. The van der Waals surface area contributed by atoms with Crippen molar-refractivity contribution in [3.05, 3.63) is 41.2 Å². The van der Waals surface area contributed by atoms with E-state index < -0.39 is 5.97 Å². The topological polar surface area (TPSA) is 84.6 Å². The summed E-state index contributed by atoms with van der Waals surface area (Å²) < 4.78 is 5.17. The molecule has 1 aliphatic rings. The average Bonchev–Trinajstić information content (AvgIpc) is 2.38. The molecule has 0 saturated carbocycles. The minimum atomic E-state index is -0.955. The zero-order valence-electron chi connectivity index (χ0n) is 10.1. The lowest BCUT2D eigenvalue weighted by atomic mass is 9.95. The molecule has 0 radical (unpaired) electrons. The number of ether oxygens (including phenoxy) is 1. The first-order valence-electron chi connectivity index (χ1n) is 5.74. The van der Waals surface area contributed by atoms with E-state index in [9.17, 15) is 4.79 Å². The maximum absolute atomic E-state index is 10.9. The van der Waals surface area contributed by atoms with Crippen LogP contribution in [-0.4, -0.2) is 18.2 Å². The summed E-state index contributed by atoms with van der Waals surface area (Å²) in [4.78, 5) is 10.9. The van der Waals surface area contributed by atoms with Crippen molar-refractivity contribution >= 4 is 5.97 Å². The fraction of sp³-hybridized carbons (Fsp3) is 0.308. The first-order chi connectivity index (χ1) is 8.61. The molecule has 0 aromatic heterocycles. The summed E-state index contributed by atoms with van der Waals surface area (Å²) in [6.45, 7) is 0. The van der Waals surface area contributed by atoms with E-state index >= 15 is 0 Å². The van der Waals surface area contributed by atoms with Crippen molar-refractivity contribution in [2.75, 3.05) is 7.11 Å². The van der Waals surface area contributed by atoms with Crippen molar-refractivity contribution in [1.82, 2.24) is 5.32 Å². The maximum Gasteiger partial charge on any atom is 0.335 e. The lowest BCUT2D eigenvalue weighted by molar-refractivity contribution is -0.133. The largest absolute Gasteiger partial charge is 0.497 e. The van der Waals surface area contributed by atoms with Gasteiger partial charge in [0.25, 0.3) is 0 Å². The summed E-state index contributed by atoms with van der Waals surface area (Å²) in [6.07, 6.45) is 1.17. The Labute approximate surface area is 105 Å². The summed E-state index contributed by atoms with van der Waals surface area (Å²) in [7, 11) is 1.62. The second kappa shape index (κ2) is 5.00. The molecule has 0 bridgehead atoms. The third-order valence-electron chi connectivity index (χ3n) is 3.09. The Morgan fingerprint density at radius 3 is 2.94 bits per heavy atom. The van der Waals surface area contributed by atoms with Gasteiger partial charge in [0.1, 0.15) is 11.6 Å². The van der Waals surface area contributed by atoms with Gasteiger partial charge in [-0.1, -0.05) is 12.1 Å². The van der Waals surface area contributed by atoms with E-state index in [1.807, 2.05) is 24.3 Å². The van der Waals surface area contributed by atoms with Gasteiger partial charge >= 0.3 is 5.97 Å². The molecule has 1 unspecified atom stereocenters. The van der Waals surface area contributed by atoms with Crippen LogP contribution in [0.5, 0.6) is 5.75 Å². The Morgan fingerprint density at radius 1 is 1.56 bits per heavy atom. The lowest BCUT2D eigenvalue weighted by Gasteiger charge is -2.26. The van der Waals surface area contributed by atoms with Gasteiger partial charge in [0.2, 0.25) is 0 Å². The number of carbonyl (C=O) groups is 1. The normalized spacial score (nSPS) is 19.3. The van der Waals surface area contributed by atoms with Crippen LogP contribution in [-0.2, 0) is 4.79 Å². The fourth-order valence-corrected chi connectivity index (χ4v) is 2.10. The Hall–Kier alpha value is -2.17. The first-order valence-corrected chi connectivity index (χ1v) is 5.74. The van der Waals surface area contributed by atoms with Crippen molar-refractivity contribution in [2.24, 2.45) is 5.73 Å². The molecule has 0 fully saturated rings. The predicted molar refractivity (Wildman–Crippen MR) is 67.0 cm³/mol. The number of methoxy groups -OCH3 is 1. The number of benzene rings is 1. The van der Waals surface area contributed by atoms with Crippen LogP contribution in [0.4, 0.5) is 0 Å². The van der Waals surface area contributed by atoms with E-state index in [0.29, 0.717) is 12.8 Å². The molecule has 5 nitrogen and oxygen atoms in total. The SMILES string of the molecule is COc1cccc(C2CCC(C(=O)O)=C(N)N2)c1. The molecule has 96 valence electrons. The van der Waals surface area contributed by atoms with Gasteiger partial charge in [0.05, 0.1) is 18.7 Å². The highest BCUT2D eigenvalue weighted by molar-refractivity contribution is 5.87. The van der Waals surface area contributed by atoms with E-state index in [1.54, 1.807) is 7.11 Å². The molecule has 18 heavy (non-hydrogen) atoms. The predicted octanol–water partition coefficient (Wildman–Crippen LogP) is 1.37. The second-order valence-electron chi connectivity index (χ2n) is 4.21. The molecular formula is C13H16N2O3. The highest BCUT2D eigenvalue weighted by atomic mass is 16.5. The zero-order valence-corrected chi connectivity index (χ0v) is 10.1. The van der Waals surface area contributed by atoms with Gasteiger partial charge in [-0.15, -0.1) is 0 Å². The number of aliphatic carboxylic acids is 1. The minimum absolute atomic E-state index is 0.0307. The van der Waals surface area contributed by atoms with E-state index in [0.717, 1.165) is 11.3 Å². The lowest BCUT2D eigenvalue weighted by Crippen LogP contribution is -2.32. The molecule has 1 heterocycles. The molecule has 0 amide bonds. The van der Waals surface area contributed by atoms with Crippen LogP contribution >= 0.6 is 0 Å². The molecule has 1 aromatic rings. The van der Waals surface area contributed by atoms with Gasteiger partial charge < -0.3 is 20.9 Å². The smallest absolute Gasteiger partial charge is 0.335 e. The van der Waals surface area contributed by atoms with Crippen molar-refractivity contribution in [3.8, 4) is 5.75 Å². The number of hydrogen-bond acceptors (Lipinski definition) is 4. The molecule has 0 aliphatic carbocycles. The molecule has 2 rings (SSSR count). The number of nitrogens with one attached hydrogen (secondary N) is 1. The molecule has 5 heteroatoms. The van der Waals surface area contributed by atoms with Crippen molar-refractivity contribution in [2.45, 2.75) is 18.9 Å². The van der Waals surface area contributed by atoms with Gasteiger partial charge in [-0.05, 0) is 30.5 Å². The summed E-state index contributed by atoms with van der Waals surface area (Å²) in [5, 5.41) is 12.0. The van der Waals surface area contributed by atoms with Crippen LogP contribution in [0.3, 0.4) is 0 Å². The number of carboxylic acid groups (broad SMARTS) is 1. The highest BCUT2D eigenvalue weighted by Gasteiger charge is 2.23. The molecule has 0 saturated heterocycles. The van der Waals surface area contributed by atoms with Crippen LogP contribution in [0.15, 0.2) is 35.7 Å². The second-order valence-corrected chi connectivity index (χ2v) is 4.21. The summed E-state index contributed by atoms with van der Waals surface area (Å²) in [5.74, 6) is 0.0755. The summed E-state index contributed by atoms with van der Waals surface area (Å²) >= 11 is 0. The van der Waals surface area contributed by atoms with E-state index in [4.69, 9.17) is 15.6 Å². The standard InChI is InChI=1S/C13H16N2O3/c1-18-9-4-2-3-8(7-9)11-6-5-10(13(16)17)12(14)15-11/h2-4,7,11,15H,5-6,14H2,1H3,(H,16,17). The van der Waals surface area contributed by atoms with Crippen LogP contribution in [0.1, 0.15) is 24.4 Å². The van der Waals surface area contributed by atoms with Crippen molar-refractivity contribution < 1.29 is 14.6 Å². The number of carboxylic acids is 1. The summed E-state index contributed by atoms with van der Waals surface area (Å²) in [6, 6.07) is 7.70. The van der Waals surface area contributed by atoms with E-state index in [-0.39, 0.29) is 17.4 Å². The number of rotatable bonds is 3. The van der Waals surface area contributed by atoms with Crippen molar-refractivity contribution in [3.63, 3.8) is 0 Å². The Morgan fingerprint density at radius 2 is 2.33 bits per heavy atom. The number of nitrogens with two attached hydrogens (primary N) is 1. The third kappa shape index (κ3) is 2.40. The molecule has 1 atom stereocenters. The summed E-state index contributed by atoms with van der Waals surface area (Å²) in [5.41, 5.74) is 7.04. The highest BCUT2D eigenvalue weighted by Crippen LogP contribution is 2.28. The van der Waals surface area contributed by atoms with Crippen LogP contribution in [0.25, 0.3) is 0 Å². The van der Waals surface area contributed by atoms with Gasteiger partial charge in [-0.2, -0.15) is 0 Å². The quantitative estimate of drug-likeness (QED) is 0.752. The zero-order chi connectivity index (χ0) is 13.1. The van der Waals surface area contributed by atoms with E-state index in [2.05, 4.69) is 5.32 Å². The molecule has 1 aliphatic heterocycles. The van der Waals surface area contributed by atoms with Gasteiger partial charge in [-0.3, -0.25) is 0 Å².